The lowest BCUT2D eigenvalue weighted by Crippen LogP contribution is -2.34. The Bertz CT molecular complexity index is 474. The first-order valence-electron chi connectivity index (χ1n) is 13.6. The molecule has 0 heterocycles. The zero-order valence-corrected chi connectivity index (χ0v) is 21.7. The first-order valence-corrected chi connectivity index (χ1v) is 13.6. The third-order valence-electron chi connectivity index (χ3n) is 9.69. The van der Waals surface area contributed by atoms with E-state index in [4.69, 9.17) is 0 Å². The second-order valence-corrected chi connectivity index (χ2v) is 13.0. The lowest BCUT2D eigenvalue weighted by atomic mass is 9.60. The minimum absolute atomic E-state index is 0.536. The van der Waals surface area contributed by atoms with E-state index in [1.165, 1.54) is 89.9 Å². The molecule has 0 bridgehead atoms. The van der Waals surface area contributed by atoms with E-state index in [-0.39, 0.29) is 0 Å². The Morgan fingerprint density at radius 3 is 2.00 bits per heavy atom. The molecule has 0 aromatic heterocycles. The molecule has 2 fully saturated rings. The van der Waals surface area contributed by atoms with Gasteiger partial charge in [0.05, 0.1) is 0 Å². The molecule has 0 N–H and O–H groups in total. The predicted octanol–water partition coefficient (Wildman–Crippen LogP) is 10.1. The van der Waals surface area contributed by atoms with Gasteiger partial charge >= 0.3 is 0 Å². The summed E-state index contributed by atoms with van der Waals surface area (Å²) < 4.78 is 0. The molecule has 0 nitrogen and oxygen atoms in total. The molecule has 29 heavy (non-hydrogen) atoms. The first kappa shape index (κ1) is 25.3. The van der Waals surface area contributed by atoms with E-state index in [0.29, 0.717) is 16.2 Å². The van der Waals surface area contributed by atoms with Gasteiger partial charge in [-0.25, -0.2) is 0 Å². The Hall–Kier alpha value is 0. The summed E-state index contributed by atoms with van der Waals surface area (Å²) in [5, 5.41) is 0. The summed E-state index contributed by atoms with van der Waals surface area (Å²) in [5.41, 5.74) is 1.76. The van der Waals surface area contributed by atoms with E-state index in [1.807, 2.05) is 0 Å². The molecule has 0 aliphatic heterocycles. The molecule has 172 valence electrons. The van der Waals surface area contributed by atoms with Gasteiger partial charge in [-0.3, -0.25) is 0 Å². The molecule has 6 atom stereocenters. The standard InChI is InChI=1S/C29H56/c1-9-13-25-20-23(4)24(5)26(25)21-29(8,15-11-3)22-28(7,14-10-2)19-18-27(6)16-12-17-27/h23-26H,9-22H2,1-8H3. The Morgan fingerprint density at radius 2 is 1.48 bits per heavy atom. The SMILES string of the molecule is CCCC1CC(C)C(C)C1CC(C)(CCC)CC(C)(CCC)CCC1(C)CCC1. The molecule has 0 aromatic rings. The molecule has 2 saturated carbocycles. The molecule has 0 amide bonds. The van der Waals surface area contributed by atoms with Crippen LogP contribution in [0, 0.1) is 39.9 Å². The van der Waals surface area contributed by atoms with Crippen molar-refractivity contribution in [3.63, 3.8) is 0 Å². The molecule has 2 aliphatic carbocycles. The van der Waals surface area contributed by atoms with Crippen molar-refractivity contribution in [1.29, 1.82) is 0 Å². The summed E-state index contributed by atoms with van der Waals surface area (Å²) in [6, 6.07) is 0. The highest BCUT2D eigenvalue weighted by molar-refractivity contribution is 4.94. The van der Waals surface area contributed by atoms with Crippen LogP contribution in [0.15, 0.2) is 0 Å². The van der Waals surface area contributed by atoms with E-state index < -0.39 is 0 Å². The topological polar surface area (TPSA) is 0 Å². The van der Waals surface area contributed by atoms with Crippen molar-refractivity contribution in [3.05, 3.63) is 0 Å². The van der Waals surface area contributed by atoms with Crippen molar-refractivity contribution in [2.75, 3.05) is 0 Å². The van der Waals surface area contributed by atoms with Crippen LogP contribution in [0.25, 0.3) is 0 Å². The Morgan fingerprint density at radius 1 is 0.862 bits per heavy atom. The van der Waals surface area contributed by atoms with Gasteiger partial charge in [0.15, 0.2) is 0 Å². The largest absolute Gasteiger partial charge is 0.0654 e. The summed E-state index contributed by atoms with van der Waals surface area (Å²) >= 11 is 0. The highest BCUT2D eigenvalue weighted by Gasteiger charge is 2.44. The fraction of sp³-hybridized carbons (Fsp3) is 1.00. The fourth-order valence-corrected chi connectivity index (χ4v) is 7.78. The summed E-state index contributed by atoms with van der Waals surface area (Å²) in [6.45, 7) is 20.3. The number of hydrogen-bond donors (Lipinski definition) is 0. The monoisotopic (exact) mass is 404 g/mol. The maximum absolute atomic E-state index is 2.69. The predicted molar refractivity (Wildman–Crippen MR) is 131 cm³/mol. The Balaban J connectivity index is 2.12. The zero-order valence-electron chi connectivity index (χ0n) is 21.7. The van der Waals surface area contributed by atoms with Gasteiger partial charge in [-0.2, -0.15) is 0 Å². The van der Waals surface area contributed by atoms with E-state index in [1.54, 1.807) is 0 Å². The second-order valence-electron chi connectivity index (χ2n) is 13.0. The van der Waals surface area contributed by atoms with E-state index in [9.17, 15) is 0 Å². The lowest BCUT2D eigenvalue weighted by Gasteiger charge is -2.46. The van der Waals surface area contributed by atoms with Crippen LogP contribution < -0.4 is 0 Å². The fourth-order valence-electron chi connectivity index (χ4n) is 7.78. The molecule has 0 radical (unpaired) electrons. The van der Waals surface area contributed by atoms with Crippen molar-refractivity contribution in [2.24, 2.45) is 39.9 Å². The molecular formula is C29H56. The van der Waals surface area contributed by atoms with Crippen LogP contribution in [-0.2, 0) is 0 Å². The van der Waals surface area contributed by atoms with Crippen LogP contribution in [0.5, 0.6) is 0 Å². The maximum Gasteiger partial charge on any atom is -0.0318 e. The number of rotatable bonds is 13. The van der Waals surface area contributed by atoms with Gasteiger partial charge < -0.3 is 0 Å². The van der Waals surface area contributed by atoms with Gasteiger partial charge in [-0.05, 0) is 97.7 Å². The molecule has 2 rings (SSSR count). The third-order valence-corrected chi connectivity index (χ3v) is 9.69. The summed E-state index contributed by atoms with van der Waals surface area (Å²) in [5.74, 6) is 3.82. The van der Waals surface area contributed by atoms with Gasteiger partial charge in [-0.1, -0.05) is 87.5 Å². The molecule has 0 aromatic carbocycles. The Labute approximate surface area is 185 Å². The molecule has 0 heteroatoms. The average Bonchev–Trinajstić information content (AvgIpc) is 2.86. The highest BCUT2D eigenvalue weighted by atomic mass is 14.5. The van der Waals surface area contributed by atoms with Crippen molar-refractivity contribution in [2.45, 2.75) is 145 Å². The van der Waals surface area contributed by atoms with E-state index >= 15 is 0 Å². The van der Waals surface area contributed by atoms with Crippen LogP contribution in [0.3, 0.4) is 0 Å². The van der Waals surface area contributed by atoms with Crippen molar-refractivity contribution in [3.8, 4) is 0 Å². The van der Waals surface area contributed by atoms with E-state index in [0.717, 1.165) is 23.7 Å². The quantitative estimate of drug-likeness (QED) is 0.286. The average molecular weight is 405 g/mol. The normalized spacial score (nSPS) is 33.1. The highest BCUT2D eigenvalue weighted by Crippen LogP contribution is 2.54. The third kappa shape index (κ3) is 6.74. The van der Waals surface area contributed by atoms with Gasteiger partial charge in [-0.15, -0.1) is 0 Å². The van der Waals surface area contributed by atoms with Gasteiger partial charge in [0.1, 0.15) is 0 Å². The summed E-state index contributed by atoms with van der Waals surface area (Å²) in [6.07, 6.45) is 20.2. The van der Waals surface area contributed by atoms with Crippen molar-refractivity contribution < 1.29 is 0 Å². The second kappa shape index (κ2) is 10.5. The smallest absolute Gasteiger partial charge is 0.0318 e. The van der Waals surface area contributed by atoms with Gasteiger partial charge in [0.2, 0.25) is 0 Å². The molecule has 2 aliphatic rings. The lowest BCUT2D eigenvalue weighted by molar-refractivity contribution is 0.0557. The first-order chi connectivity index (χ1) is 13.6. The summed E-state index contributed by atoms with van der Waals surface area (Å²) in [4.78, 5) is 0. The number of hydrogen-bond acceptors (Lipinski definition) is 0. The van der Waals surface area contributed by atoms with Crippen LogP contribution in [0.1, 0.15) is 145 Å². The van der Waals surface area contributed by atoms with Crippen LogP contribution >= 0.6 is 0 Å². The molecule has 0 spiro atoms. The maximum atomic E-state index is 2.69. The summed E-state index contributed by atoms with van der Waals surface area (Å²) in [7, 11) is 0. The van der Waals surface area contributed by atoms with Crippen LogP contribution in [-0.4, -0.2) is 0 Å². The minimum Gasteiger partial charge on any atom is -0.0654 e. The van der Waals surface area contributed by atoms with Crippen molar-refractivity contribution >= 4 is 0 Å². The van der Waals surface area contributed by atoms with Gasteiger partial charge in [0.25, 0.3) is 0 Å². The van der Waals surface area contributed by atoms with Crippen molar-refractivity contribution in [1.82, 2.24) is 0 Å². The molecule has 0 saturated heterocycles. The van der Waals surface area contributed by atoms with E-state index in [2.05, 4.69) is 55.4 Å². The van der Waals surface area contributed by atoms with Crippen LogP contribution in [0.4, 0.5) is 0 Å². The minimum atomic E-state index is 0.536. The molecule has 6 unspecified atom stereocenters. The Kier molecular flexibility index (Phi) is 9.18. The van der Waals surface area contributed by atoms with Crippen LogP contribution in [0.2, 0.25) is 0 Å². The molecular weight excluding hydrogens is 348 g/mol. The van der Waals surface area contributed by atoms with Gasteiger partial charge in [0, 0.05) is 0 Å². The zero-order chi connectivity index (χ0) is 21.7.